The van der Waals surface area contributed by atoms with Gasteiger partial charge in [0.25, 0.3) is 0 Å². The average molecular weight is 305 g/mol. The Balaban J connectivity index is 2.12. The Bertz CT molecular complexity index is 677. The molecule has 110 valence electrons. The van der Waals surface area contributed by atoms with E-state index in [1.807, 2.05) is 6.07 Å². The third kappa shape index (κ3) is 3.56. The number of hydrogen-bond acceptors (Lipinski definition) is 5. The van der Waals surface area contributed by atoms with Gasteiger partial charge >= 0.3 is 0 Å². The van der Waals surface area contributed by atoms with Gasteiger partial charge in [-0.2, -0.15) is 9.57 Å². The second kappa shape index (κ2) is 6.64. The Morgan fingerprint density at radius 1 is 1.24 bits per heavy atom. The fourth-order valence-electron chi connectivity index (χ4n) is 2.31. The molecule has 0 amide bonds. The van der Waals surface area contributed by atoms with Gasteiger partial charge in [-0.15, -0.1) is 0 Å². The quantitative estimate of drug-likeness (QED) is 0.618. The van der Waals surface area contributed by atoms with E-state index in [-0.39, 0.29) is 17.4 Å². The minimum atomic E-state index is -3.52. The molecule has 2 rings (SSSR count). The number of benzene rings is 1. The molecule has 0 aliphatic carbocycles. The first-order chi connectivity index (χ1) is 10.1. The molecule has 21 heavy (non-hydrogen) atoms. The predicted molar refractivity (Wildman–Crippen MR) is 75.7 cm³/mol. The molecule has 7 heteroatoms. The Morgan fingerprint density at radius 2 is 1.86 bits per heavy atom. The van der Waals surface area contributed by atoms with Crippen molar-refractivity contribution in [2.24, 2.45) is 4.99 Å². The van der Waals surface area contributed by atoms with Crippen LogP contribution >= 0.6 is 0 Å². The fourth-order valence-corrected chi connectivity index (χ4v) is 3.78. The molecule has 1 aromatic rings. The van der Waals surface area contributed by atoms with E-state index in [1.54, 1.807) is 12.1 Å². The average Bonchev–Trinajstić information content (AvgIpc) is 2.49. The van der Waals surface area contributed by atoms with Crippen LogP contribution in [0.2, 0.25) is 0 Å². The van der Waals surface area contributed by atoms with Gasteiger partial charge < -0.3 is 0 Å². The van der Waals surface area contributed by atoms with Gasteiger partial charge in [0.2, 0.25) is 16.1 Å². The SMILES string of the molecule is N#CCc1ccc(S(=O)(=O)N2CCC(N=C=O)CC2)cc1. The molecular formula is C14H15N3O3S. The Hall–Kier alpha value is -2.00. The molecule has 1 fully saturated rings. The van der Waals surface area contributed by atoms with Crippen molar-refractivity contribution in [3.8, 4) is 6.07 Å². The van der Waals surface area contributed by atoms with Crippen molar-refractivity contribution < 1.29 is 13.2 Å². The van der Waals surface area contributed by atoms with E-state index >= 15 is 0 Å². The molecule has 0 unspecified atom stereocenters. The monoisotopic (exact) mass is 305 g/mol. The zero-order valence-corrected chi connectivity index (χ0v) is 12.2. The summed E-state index contributed by atoms with van der Waals surface area (Å²) in [6.45, 7) is 0.691. The number of hydrogen-bond donors (Lipinski definition) is 0. The van der Waals surface area contributed by atoms with Crippen LogP contribution in [-0.4, -0.2) is 37.9 Å². The summed E-state index contributed by atoms with van der Waals surface area (Å²) in [7, 11) is -3.52. The number of rotatable bonds is 4. The van der Waals surface area contributed by atoms with Crippen LogP contribution in [0, 0.1) is 11.3 Å². The molecular weight excluding hydrogens is 290 g/mol. The molecule has 1 aromatic carbocycles. The van der Waals surface area contributed by atoms with Crippen molar-refractivity contribution in [2.75, 3.05) is 13.1 Å². The molecule has 1 aliphatic heterocycles. The van der Waals surface area contributed by atoms with Crippen molar-refractivity contribution >= 4 is 16.1 Å². The predicted octanol–water partition coefficient (Wildman–Crippen LogP) is 1.24. The maximum Gasteiger partial charge on any atom is 0.243 e. The van der Waals surface area contributed by atoms with Crippen LogP contribution in [0.15, 0.2) is 34.2 Å². The fraction of sp³-hybridized carbons (Fsp3) is 0.429. The van der Waals surface area contributed by atoms with Gasteiger partial charge in [0.15, 0.2) is 0 Å². The number of aliphatic imine (C=N–C) groups is 1. The van der Waals surface area contributed by atoms with Crippen LogP contribution in [0.3, 0.4) is 0 Å². The van der Waals surface area contributed by atoms with Crippen molar-refractivity contribution in [2.45, 2.75) is 30.2 Å². The van der Waals surface area contributed by atoms with Crippen LogP contribution < -0.4 is 0 Å². The third-order valence-electron chi connectivity index (χ3n) is 3.50. The van der Waals surface area contributed by atoms with E-state index in [0.29, 0.717) is 25.9 Å². The summed E-state index contributed by atoms with van der Waals surface area (Å²) < 4.78 is 26.4. The number of nitriles is 1. The highest BCUT2D eigenvalue weighted by Crippen LogP contribution is 2.22. The number of piperidine rings is 1. The molecule has 0 N–H and O–H groups in total. The van der Waals surface area contributed by atoms with Crippen LogP contribution in [0.4, 0.5) is 0 Å². The molecule has 0 spiro atoms. The summed E-state index contributed by atoms with van der Waals surface area (Å²) in [6, 6.07) is 8.24. The maximum absolute atomic E-state index is 12.5. The smallest absolute Gasteiger partial charge is 0.211 e. The van der Waals surface area contributed by atoms with Gasteiger partial charge in [-0.05, 0) is 30.5 Å². The van der Waals surface area contributed by atoms with Crippen LogP contribution in [0.5, 0.6) is 0 Å². The first-order valence-corrected chi connectivity index (χ1v) is 8.05. The van der Waals surface area contributed by atoms with Gasteiger partial charge in [-0.1, -0.05) is 12.1 Å². The largest absolute Gasteiger partial charge is 0.243 e. The Labute approximate surface area is 123 Å². The minimum absolute atomic E-state index is 0.132. The van der Waals surface area contributed by atoms with Gasteiger partial charge in [0.05, 0.1) is 23.4 Å². The summed E-state index contributed by atoms with van der Waals surface area (Å²) in [4.78, 5) is 14.1. The highest BCUT2D eigenvalue weighted by atomic mass is 32.2. The maximum atomic E-state index is 12.5. The lowest BCUT2D eigenvalue weighted by molar-refractivity contribution is 0.320. The van der Waals surface area contributed by atoms with Crippen molar-refractivity contribution in [1.29, 1.82) is 5.26 Å². The molecule has 6 nitrogen and oxygen atoms in total. The molecule has 0 radical (unpaired) electrons. The van der Waals surface area contributed by atoms with Crippen molar-refractivity contribution in [1.82, 2.24) is 4.31 Å². The standard InChI is InChI=1S/C14H15N3O3S/c15-8-5-12-1-3-14(4-2-12)21(19,20)17-9-6-13(7-10-17)16-11-18/h1-4,13H,5-7,9-10H2. The van der Waals surface area contributed by atoms with E-state index in [1.165, 1.54) is 22.5 Å². The van der Waals surface area contributed by atoms with Gasteiger partial charge in [0.1, 0.15) is 0 Å². The van der Waals surface area contributed by atoms with Crippen molar-refractivity contribution in [3.63, 3.8) is 0 Å². The number of sulfonamides is 1. The zero-order valence-electron chi connectivity index (χ0n) is 11.4. The lowest BCUT2D eigenvalue weighted by atomic mass is 10.1. The second-order valence-electron chi connectivity index (χ2n) is 4.83. The summed E-state index contributed by atoms with van der Waals surface area (Å²) in [5, 5.41) is 8.61. The highest BCUT2D eigenvalue weighted by molar-refractivity contribution is 7.89. The van der Waals surface area contributed by atoms with Gasteiger partial charge in [-0.3, -0.25) is 0 Å². The Morgan fingerprint density at radius 3 is 2.38 bits per heavy atom. The molecule has 0 atom stereocenters. The van der Waals surface area contributed by atoms with Crippen molar-refractivity contribution in [3.05, 3.63) is 29.8 Å². The minimum Gasteiger partial charge on any atom is -0.211 e. The normalized spacial score (nSPS) is 16.9. The summed E-state index contributed by atoms with van der Waals surface area (Å²) in [6.07, 6.45) is 2.84. The topological polar surface area (TPSA) is 90.6 Å². The van der Waals surface area contributed by atoms with Crippen LogP contribution in [0.25, 0.3) is 0 Å². The molecule has 0 bridgehead atoms. The molecule has 1 saturated heterocycles. The molecule has 0 aromatic heterocycles. The second-order valence-corrected chi connectivity index (χ2v) is 6.77. The first kappa shape index (κ1) is 15.4. The molecule has 1 heterocycles. The third-order valence-corrected chi connectivity index (χ3v) is 5.42. The summed E-state index contributed by atoms with van der Waals surface area (Å²) in [5.74, 6) is 0. The van der Waals surface area contributed by atoms with E-state index in [0.717, 1.165) is 5.56 Å². The highest BCUT2D eigenvalue weighted by Gasteiger charge is 2.29. The number of isocyanates is 1. The molecule has 0 saturated carbocycles. The van der Waals surface area contributed by atoms with E-state index < -0.39 is 10.0 Å². The molecule has 1 aliphatic rings. The lowest BCUT2D eigenvalue weighted by Gasteiger charge is -2.28. The van der Waals surface area contributed by atoms with E-state index in [9.17, 15) is 13.2 Å². The first-order valence-electron chi connectivity index (χ1n) is 6.61. The van der Waals surface area contributed by atoms with Crippen LogP contribution in [-0.2, 0) is 21.2 Å². The number of carbonyl (C=O) groups excluding carboxylic acids is 1. The number of nitrogens with zero attached hydrogens (tertiary/aromatic N) is 3. The Kier molecular flexibility index (Phi) is 4.86. The van der Waals surface area contributed by atoms with E-state index in [4.69, 9.17) is 5.26 Å². The zero-order chi connectivity index (χ0) is 15.3. The van der Waals surface area contributed by atoms with Crippen LogP contribution in [0.1, 0.15) is 18.4 Å². The summed E-state index contributed by atoms with van der Waals surface area (Å²) in [5.41, 5.74) is 0.787. The lowest BCUT2D eigenvalue weighted by Crippen LogP contribution is -2.39. The summed E-state index contributed by atoms with van der Waals surface area (Å²) >= 11 is 0. The van der Waals surface area contributed by atoms with Gasteiger partial charge in [0, 0.05) is 13.1 Å². The van der Waals surface area contributed by atoms with E-state index in [2.05, 4.69) is 4.99 Å². The van der Waals surface area contributed by atoms with Gasteiger partial charge in [-0.25, -0.2) is 18.2 Å².